The van der Waals surface area contributed by atoms with Crippen LogP contribution in [0.15, 0.2) is 41.0 Å². The lowest BCUT2D eigenvalue weighted by atomic mass is 10.2. The molecule has 23 heavy (non-hydrogen) atoms. The molecule has 1 aromatic heterocycles. The Balaban J connectivity index is 1.93. The van der Waals surface area contributed by atoms with Crippen molar-refractivity contribution < 1.29 is 4.79 Å². The Morgan fingerprint density at radius 1 is 1.17 bits per heavy atom. The summed E-state index contributed by atoms with van der Waals surface area (Å²) in [7, 11) is 0. The van der Waals surface area contributed by atoms with Crippen LogP contribution in [0.4, 0.5) is 11.4 Å². The molecule has 0 spiro atoms. The number of hydrogen-bond donors (Lipinski definition) is 2. The Morgan fingerprint density at radius 2 is 1.96 bits per heavy atom. The molecule has 0 aliphatic rings. The first-order chi connectivity index (χ1) is 11.1. The highest BCUT2D eigenvalue weighted by atomic mass is 79.9. The fraction of sp³-hybridized carbons (Fsp3) is 0.333. The molecule has 0 saturated carbocycles. The van der Waals surface area contributed by atoms with E-state index in [9.17, 15) is 4.79 Å². The number of aryl methyl sites for hydroxylation is 1. The number of rotatable bonds is 7. The number of nitrogens with one attached hydrogen (secondary N) is 2. The number of nitrogens with zero attached hydrogens (tertiary/aromatic N) is 1. The normalized spacial score (nSPS) is 10.4. The average Bonchev–Trinajstić information content (AvgIpc) is 2.55. The lowest BCUT2D eigenvalue weighted by Gasteiger charge is -2.08. The summed E-state index contributed by atoms with van der Waals surface area (Å²) in [5.74, 6) is -0.204. The molecule has 0 saturated heterocycles. The fourth-order valence-electron chi connectivity index (χ4n) is 2.16. The highest BCUT2D eigenvalue weighted by Gasteiger charge is 2.08. The van der Waals surface area contributed by atoms with Crippen molar-refractivity contribution in [1.82, 2.24) is 4.98 Å². The number of hydrogen-bond acceptors (Lipinski definition) is 3. The summed E-state index contributed by atoms with van der Waals surface area (Å²) in [4.78, 5) is 16.4. The summed E-state index contributed by atoms with van der Waals surface area (Å²) in [6, 6.07) is 9.33. The van der Waals surface area contributed by atoms with E-state index in [0.717, 1.165) is 34.4 Å². The fourth-order valence-corrected chi connectivity index (χ4v) is 2.40. The maximum absolute atomic E-state index is 12.2. The Labute approximate surface area is 145 Å². The Bertz CT molecular complexity index is 656. The van der Waals surface area contributed by atoms with Gasteiger partial charge in [-0.05, 0) is 49.2 Å². The first-order valence-corrected chi connectivity index (χ1v) is 8.67. The zero-order valence-corrected chi connectivity index (χ0v) is 15.1. The van der Waals surface area contributed by atoms with E-state index in [4.69, 9.17) is 0 Å². The van der Waals surface area contributed by atoms with Gasteiger partial charge in [0.2, 0.25) is 0 Å². The van der Waals surface area contributed by atoms with Crippen LogP contribution in [0.5, 0.6) is 0 Å². The van der Waals surface area contributed by atoms with Crippen molar-refractivity contribution in [2.24, 2.45) is 0 Å². The minimum atomic E-state index is -0.204. The molecule has 4 nitrogen and oxygen atoms in total. The van der Waals surface area contributed by atoms with E-state index in [1.54, 1.807) is 12.3 Å². The van der Waals surface area contributed by atoms with Gasteiger partial charge in [-0.15, -0.1) is 0 Å². The molecular weight excluding hydrogens is 354 g/mol. The highest BCUT2D eigenvalue weighted by molar-refractivity contribution is 9.10. The summed E-state index contributed by atoms with van der Waals surface area (Å²) in [6.07, 6.45) is 5.26. The third-order valence-electron chi connectivity index (χ3n) is 3.52. The number of aromatic nitrogens is 1. The molecule has 0 bridgehead atoms. The number of amides is 1. The summed E-state index contributed by atoms with van der Waals surface area (Å²) in [5.41, 5.74) is 3.18. The van der Waals surface area contributed by atoms with E-state index in [2.05, 4.69) is 38.5 Å². The van der Waals surface area contributed by atoms with Crippen LogP contribution < -0.4 is 10.6 Å². The van der Waals surface area contributed by atoms with E-state index < -0.39 is 0 Å². The molecule has 0 unspecified atom stereocenters. The number of pyridine rings is 1. The maximum atomic E-state index is 12.2. The van der Waals surface area contributed by atoms with Crippen molar-refractivity contribution >= 4 is 33.2 Å². The second-order valence-electron chi connectivity index (χ2n) is 5.48. The Hall–Kier alpha value is -1.88. The minimum absolute atomic E-state index is 0.204. The van der Waals surface area contributed by atoms with Crippen LogP contribution in [0.2, 0.25) is 0 Å². The van der Waals surface area contributed by atoms with E-state index >= 15 is 0 Å². The van der Waals surface area contributed by atoms with Crippen molar-refractivity contribution in [2.45, 2.75) is 33.1 Å². The molecule has 0 aliphatic heterocycles. The van der Waals surface area contributed by atoms with Crippen LogP contribution >= 0.6 is 15.9 Å². The van der Waals surface area contributed by atoms with Gasteiger partial charge in [-0.1, -0.05) is 35.7 Å². The number of carbonyl (C=O) groups excluding carboxylic acids is 1. The van der Waals surface area contributed by atoms with Gasteiger partial charge in [-0.2, -0.15) is 0 Å². The van der Waals surface area contributed by atoms with Gasteiger partial charge in [0, 0.05) is 16.7 Å². The third-order valence-corrected chi connectivity index (χ3v) is 4.41. The molecular formula is C18H22BrN3O. The molecule has 2 N–H and O–H groups in total. The number of unbranched alkanes of at least 4 members (excludes halogenated alkanes) is 2. The first-order valence-electron chi connectivity index (χ1n) is 7.87. The quantitative estimate of drug-likeness (QED) is 0.668. The minimum Gasteiger partial charge on any atom is -0.384 e. The first kappa shape index (κ1) is 17.5. The molecule has 1 amide bonds. The molecule has 0 atom stereocenters. The van der Waals surface area contributed by atoms with Gasteiger partial charge in [0.1, 0.15) is 5.69 Å². The van der Waals surface area contributed by atoms with Gasteiger partial charge >= 0.3 is 0 Å². The number of carbonyl (C=O) groups is 1. The van der Waals surface area contributed by atoms with Crippen LogP contribution in [-0.4, -0.2) is 17.4 Å². The number of benzene rings is 1. The van der Waals surface area contributed by atoms with E-state index in [1.165, 1.54) is 12.8 Å². The van der Waals surface area contributed by atoms with Gasteiger partial charge in [-0.25, -0.2) is 4.98 Å². The van der Waals surface area contributed by atoms with Crippen molar-refractivity contribution in [3.05, 3.63) is 52.3 Å². The van der Waals surface area contributed by atoms with Crippen LogP contribution in [0.25, 0.3) is 0 Å². The van der Waals surface area contributed by atoms with Crippen LogP contribution in [0.1, 0.15) is 42.2 Å². The van der Waals surface area contributed by atoms with Gasteiger partial charge < -0.3 is 10.6 Å². The van der Waals surface area contributed by atoms with E-state index in [1.807, 2.05) is 31.2 Å². The second-order valence-corrected chi connectivity index (χ2v) is 6.34. The zero-order valence-electron chi connectivity index (χ0n) is 13.5. The topological polar surface area (TPSA) is 54.0 Å². The molecule has 122 valence electrons. The molecule has 2 rings (SSSR count). The summed E-state index contributed by atoms with van der Waals surface area (Å²) in [5, 5.41) is 6.17. The van der Waals surface area contributed by atoms with Gasteiger partial charge in [0.15, 0.2) is 0 Å². The third kappa shape index (κ3) is 5.36. The van der Waals surface area contributed by atoms with Gasteiger partial charge in [0.25, 0.3) is 5.91 Å². The molecule has 5 heteroatoms. The highest BCUT2D eigenvalue weighted by Crippen LogP contribution is 2.20. The van der Waals surface area contributed by atoms with Crippen molar-refractivity contribution in [1.29, 1.82) is 0 Å². The SMILES string of the molecule is CCCCCNc1ccc(C(=O)Nc2ccc(Br)c(C)c2)nc1. The van der Waals surface area contributed by atoms with Gasteiger partial charge in [0.05, 0.1) is 11.9 Å². The molecule has 1 aromatic carbocycles. The van der Waals surface area contributed by atoms with E-state index in [0.29, 0.717) is 5.69 Å². The molecule has 2 aromatic rings. The van der Waals surface area contributed by atoms with Gasteiger partial charge in [-0.3, -0.25) is 4.79 Å². The standard InChI is InChI=1S/C18H22BrN3O/c1-3-4-5-10-20-15-7-9-17(21-12-15)18(23)22-14-6-8-16(19)13(2)11-14/h6-9,11-12,20H,3-5,10H2,1-2H3,(H,22,23). The van der Waals surface area contributed by atoms with Crippen molar-refractivity contribution in [2.75, 3.05) is 17.2 Å². The predicted molar refractivity (Wildman–Crippen MR) is 99.1 cm³/mol. The van der Waals surface area contributed by atoms with E-state index in [-0.39, 0.29) is 5.91 Å². The summed E-state index contributed by atoms with van der Waals surface area (Å²) in [6.45, 7) is 5.10. The lowest BCUT2D eigenvalue weighted by Crippen LogP contribution is -2.14. The van der Waals surface area contributed by atoms with Crippen LogP contribution in [-0.2, 0) is 0 Å². The number of halogens is 1. The van der Waals surface area contributed by atoms with Crippen molar-refractivity contribution in [3.63, 3.8) is 0 Å². The Morgan fingerprint density at radius 3 is 2.61 bits per heavy atom. The molecule has 0 aliphatic carbocycles. The lowest BCUT2D eigenvalue weighted by molar-refractivity contribution is 0.102. The van der Waals surface area contributed by atoms with Crippen LogP contribution in [0, 0.1) is 6.92 Å². The predicted octanol–water partition coefficient (Wildman–Crippen LogP) is 5.01. The molecule has 1 heterocycles. The molecule has 0 radical (unpaired) electrons. The number of anilines is 2. The van der Waals surface area contributed by atoms with Crippen LogP contribution in [0.3, 0.4) is 0 Å². The Kier molecular flexibility index (Phi) is 6.59. The zero-order chi connectivity index (χ0) is 16.7. The second kappa shape index (κ2) is 8.67. The smallest absolute Gasteiger partial charge is 0.274 e. The largest absolute Gasteiger partial charge is 0.384 e. The summed E-state index contributed by atoms with van der Waals surface area (Å²) < 4.78 is 1.02. The van der Waals surface area contributed by atoms with Crippen molar-refractivity contribution in [3.8, 4) is 0 Å². The monoisotopic (exact) mass is 375 g/mol. The average molecular weight is 376 g/mol. The molecule has 0 fully saturated rings. The maximum Gasteiger partial charge on any atom is 0.274 e. The summed E-state index contributed by atoms with van der Waals surface area (Å²) >= 11 is 3.45.